The second kappa shape index (κ2) is 5.87. The van der Waals surface area contributed by atoms with Crippen LogP contribution in [-0.2, 0) is 10.0 Å². The number of fused-ring (bicyclic) bond motifs is 1. The number of sulfonamides is 1. The van der Waals surface area contributed by atoms with Crippen LogP contribution in [0.3, 0.4) is 0 Å². The maximum absolute atomic E-state index is 12.9. The van der Waals surface area contributed by atoms with Crippen LogP contribution in [0, 0.1) is 20.8 Å². The predicted octanol–water partition coefficient (Wildman–Crippen LogP) is 3.90. The fourth-order valence-electron chi connectivity index (χ4n) is 2.72. The molecule has 0 bridgehead atoms. The van der Waals surface area contributed by atoms with Gasteiger partial charge in [0.1, 0.15) is 10.6 Å². The molecule has 0 aliphatic rings. The monoisotopic (exact) mass is 344 g/mol. The van der Waals surface area contributed by atoms with Crippen LogP contribution in [0.1, 0.15) is 16.8 Å². The van der Waals surface area contributed by atoms with E-state index in [0.717, 1.165) is 27.7 Å². The molecule has 0 atom stereocenters. The number of aromatic nitrogens is 1. The van der Waals surface area contributed by atoms with E-state index in [9.17, 15) is 8.42 Å². The fraction of sp³-hybridized carbons (Fsp3) is 0.222. The van der Waals surface area contributed by atoms with Gasteiger partial charge in [-0.25, -0.2) is 8.42 Å². The largest absolute Gasteiger partial charge is 0.495 e. The minimum atomic E-state index is -3.77. The van der Waals surface area contributed by atoms with Gasteiger partial charge in [0.2, 0.25) is 0 Å². The summed E-state index contributed by atoms with van der Waals surface area (Å²) in [5, 5.41) is 0.835. The molecule has 1 heterocycles. The molecule has 0 saturated carbocycles. The molecular weight excluding hydrogens is 324 g/mol. The van der Waals surface area contributed by atoms with Crippen LogP contribution in [0.2, 0.25) is 0 Å². The fourth-order valence-corrected chi connectivity index (χ4v) is 4.03. The average molecular weight is 344 g/mol. The maximum Gasteiger partial charge on any atom is 0.265 e. The highest BCUT2D eigenvalue weighted by Crippen LogP contribution is 2.31. The van der Waals surface area contributed by atoms with E-state index in [-0.39, 0.29) is 4.90 Å². The average Bonchev–Trinajstić information content (AvgIpc) is 2.90. The lowest BCUT2D eigenvalue weighted by Crippen LogP contribution is -2.14. The molecule has 126 valence electrons. The van der Waals surface area contributed by atoms with Gasteiger partial charge in [-0.05, 0) is 62.2 Å². The number of anilines is 1. The summed E-state index contributed by atoms with van der Waals surface area (Å²) in [4.78, 5) is 3.34. The molecule has 5 nitrogen and oxygen atoms in total. The topological polar surface area (TPSA) is 71.2 Å². The van der Waals surface area contributed by atoms with Crippen molar-refractivity contribution in [1.29, 1.82) is 0 Å². The summed E-state index contributed by atoms with van der Waals surface area (Å²) >= 11 is 0. The van der Waals surface area contributed by atoms with E-state index in [4.69, 9.17) is 4.74 Å². The van der Waals surface area contributed by atoms with Gasteiger partial charge < -0.3 is 9.72 Å². The lowest BCUT2D eigenvalue weighted by Gasteiger charge is -2.14. The van der Waals surface area contributed by atoms with Gasteiger partial charge in [0.05, 0.1) is 12.8 Å². The molecule has 3 rings (SSSR count). The van der Waals surface area contributed by atoms with Gasteiger partial charge in [-0.3, -0.25) is 4.72 Å². The Labute approximate surface area is 141 Å². The van der Waals surface area contributed by atoms with E-state index in [0.29, 0.717) is 11.4 Å². The number of rotatable bonds is 4. The molecule has 1 aromatic heterocycles. The SMILES string of the molecule is COc1cc(C)c(C)cc1S(=O)(=O)Nc1cccc2[nH]c(C)cc12. The lowest BCUT2D eigenvalue weighted by molar-refractivity contribution is 0.402. The molecule has 0 spiro atoms. The van der Waals surface area contributed by atoms with Crippen molar-refractivity contribution in [2.75, 3.05) is 11.8 Å². The first-order chi connectivity index (χ1) is 11.3. The van der Waals surface area contributed by atoms with Crippen molar-refractivity contribution in [3.05, 3.63) is 53.2 Å². The summed E-state index contributed by atoms with van der Waals surface area (Å²) in [5.74, 6) is 0.336. The number of hydrogen-bond donors (Lipinski definition) is 2. The highest BCUT2D eigenvalue weighted by molar-refractivity contribution is 7.92. The van der Waals surface area contributed by atoms with Gasteiger partial charge in [-0.15, -0.1) is 0 Å². The summed E-state index contributed by atoms with van der Waals surface area (Å²) in [6.45, 7) is 5.74. The number of nitrogens with one attached hydrogen (secondary N) is 2. The minimum Gasteiger partial charge on any atom is -0.495 e. The van der Waals surface area contributed by atoms with Gasteiger partial charge in [0.25, 0.3) is 10.0 Å². The third-order valence-electron chi connectivity index (χ3n) is 4.11. The van der Waals surface area contributed by atoms with E-state index in [1.54, 1.807) is 18.2 Å². The highest BCUT2D eigenvalue weighted by Gasteiger charge is 2.21. The number of methoxy groups -OCH3 is 1. The molecule has 0 radical (unpaired) electrons. The summed E-state index contributed by atoms with van der Waals surface area (Å²) in [6.07, 6.45) is 0. The number of aryl methyl sites for hydroxylation is 3. The van der Waals surface area contributed by atoms with Gasteiger partial charge in [0.15, 0.2) is 0 Å². The zero-order valence-electron chi connectivity index (χ0n) is 14.1. The predicted molar refractivity (Wildman–Crippen MR) is 96.3 cm³/mol. The molecular formula is C18H20N2O3S. The Hall–Kier alpha value is -2.47. The molecule has 2 aromatic carbocycles. The second-order valence-electron chi connectivity index (χ2n) is 5.91. The lowest BCUT2D eigenvalue weighted by atomic mass is 10.1. The molecule has 24 heavy (non-hydrogen) atoms. The molecule has 0 saturated heterocycles. The van der Waals surface area contributed by atoms with Gasteiger partial charge in [-0.1, -0.05) is 6.07 Å². The van der Waals surface area contributed by atoms with Crippen LogP contribution in [0.5, 0.6) is 5.75 Å². The van der Waals surface area contributed by atoms with Crippen LogP contribution in [0.15, 0.2) is 41.3 Å². The van der Waals surface area contributed by atoms with Crippen molar-refractivity contribution in [1.82, 2.24) is 4.98 Å². The summed E-state index contributed by atoms with van der Waals surface area (Å²) in [7, 11) is -2.29. The van der Waals surface area contributed by atoms with Crippen molar-refractivity contribution >= 4 is 26.6 Å². The Morgan fingerprint density at radius 2 is 1.75 bits per heavy atom. The van der Waals surface area contributed by atoms with E-state index >= 15 is 0 Å². The molecule has 0 fully saturated rings. The standard InChI is InChI=1S/C18H20N2O3S/c1-11-8-17(23-4)18(9-12(11)2)24(21,22)20-16-7-5-6-15-14(16)10-13(3)19-15/h5-10,19-20H,1-4H3. The second-order valence-corrected chi connectivity index (χ2v) is 7.56. The number of aromatic amines is 1. The first-order valence-corrected chi connectivity index (χ1v) is 9.06. The normalized spacial score (nSPS) is 11.7. The summed E-state index contributed by atoms with van der Waals surface area (Å²) < 4.78 is 33.7. The highest BCUT2D eigenvalue weighted by atomic mass is 32.2. The van der Waals surface area contributed by atoms with Crippen molar-refractivity contribution in [2.45, 2.75) is 25.7 Å². The van der Waals surface area contributed by atoms with Gasteiger partial charge in [0, 0.05) is 16.6 Å². The van der Waals surface area contributed by atoms with Gasteiger partial charge >= 0.3 is 0 Å². The number of benzene rings is 2. The molecule has 3 aromatic rings. The Kier molecular flexibility index (Phi) is 4.01. The smallest absolute Gasteiger partial charge is 0.265 e. The molecule has 2 N–H and O–H groups in total. The first kappa shape index (κ1) is 16.4. The van der Waals surface area contributed by atoms with Crippen molar-refractivity contribution in [2.24, 2.45) is 0 Å². The van der Waals surface area contributed by atoms with Crippen LogP contribution < -0.4 is 9.46 Å². The van der Waals surface area contributed by atoms with Crippen LogP contribution >= 0.6 is 0 Å². The molecule has 0 aliphatic carbocycles. The van der Waals surface area contributed by atoms with E-state index in [1.807, 2.05) is 39.0 Å². The molecule has 0 aliphatic heterocycles. The van der Waals surface area contributed by atoms with E-state index in [1.165, 1.54) is 7.11 Å². The van der Waals surface area contributed by atoms with E-state index in [2.05, 4.69) is 9.71 Å². The third-order valence-corrected chi connectivity index (χ3v) is 5.50. The molecule has 0 amide bonds. The Morgan fingerprint density at radius 3 is 2.46 bits per heavy atom. The first-order valence-electron chi connectivity index (χ1n) is 7.58. The third kappa shape index (κ3) is 2.85. The number of hydrogen-bond acceptors (Lipinski definition) is 3. The minimum absolute atomic E-state index is 0.136. The zero-order chi connectivity index (χ0) is 17.5. The Morgan fingerprint density at radius 1 is 1.04 bits per heavy atom. The number of H-pyrrole nitrogens is 1. The summed E-state index contributed by atoms with van der Waals surface area (Å²) in [6, 6.07) is 10.8. The van der Waals surface area contributed by atoms with Crippen LogP contribution in [-0.4, -0.2) is 20.5 Å². The van der Waals surface area contributed by atoms with Gasteiger partial charge in [-0.2, -0.15) is 0 Å². The quantitative estimate of drug-likeness (QED) is 0.754. The molecule has 6 heteroatoms. The van der Waals surface area contributed by atoms with Crippen molar-refractivity contribution in [3.63, 3.8) is 0 Å². The van der Waals surface area contributed by atoms with Crippen molar-refractivity contribution < 1.29 is 13.2 Å². The van der Waals surface area contributed by atoms with Crippen molar-refractivity contribution in [3.8, 4) is 5.75 Å². The van der Waals surface area contributed by atoms with E-state index < -0.39 is 10.0 Å². The zero-order valence-corrected chi connectivity index (χ0v) is 14.9. The molecule has 0 unspecified atom stereocenters. The maximum atomic E-state index is 12.9. The summed E-state index contributed by atoms with van der Waals surface area (Å²) in [5.41, 5.74) is 4.28. The Balaban J connectivity index is 2.10. The Bertz CT molecular complexity index is 1020. The van der Waals surface area contributed by atoms with Crippen LogP contribution in [0.4, 0.5) is 5.69 Å². The number of ether oxygens (including phenoxy) is 1. The van der Waals surface area contributed by atoms with Crippen LogP contribution in [0.25, 0.3) is 10.9 Å².